The number of amides is 2. The second-order valence-electron chi connectivity index (χ2n) is 8.02. The van der Waals surface area contributed by atoms with E-state index < -0.39 is 18.0 Å². The summed E-state index contributed by atoms with van der Waals surface area (Å²) in [6, 6.07) is 2.45. The molecule has 2 fully saturated rings. The van der Waals surface area contributed by atoms with Crippen molar-refractivity contribution in [3.63, 3.8) is 0 Å². The smallest absolute Gasteiger partial charge is 0.271 e. The number of pyridine rings is 1. The molecule has 2 aliphatic rings. The van der Waals surface area contributed by atoms with Crippen LogP contribution in [0, 0.1) is 5.92 Å². The fraction of sp³-hybridized carbons (Fsp3) is 0.476. The Balaban J connectivity index is 1.49. The van der Waals surface area contributed by atoms with Crippen LogP contribution < -0.4 is 5.32 Å². The summed E-state index contributed by atoms with van der Waals surface area (Å²) >= 11 is 1.35. The molecule has 2 saturated heterocycles. The molecule has 3 atom stereocenters. The van der Waals surface area contributed by atoms with E-state index in [2.05, 4.69) is 15.3 Å². The molecule has 2 aromatic rings. The van der Waals surface area contributed by atoms with Gasteiger partial charge in [-0.1, -0.05) is 13.8 Å². The molecule has 2 amide bonds. The largest absolute Gasteiger partial charge is 0.368 e. The number of aromatic nitrogens is 2. The van der Waals surface area contributed by atoms with Gasteiger partial charge in [0.2, 0.25) is 5.91 Å². The number of nitrogens with zero attached hydrogens (tertiary/aromatic N) is 3. The Kier molecular flexibility index (Phi) is 5.92. The first-order valence-corrected chi connectivity index (χ1v) is 10.9. The molecule has 1 N–H and O–H groups in total. The minimum Gasteiger partial charge on any atom is -0.368 e. The number of rotatable bonds is 6. The van der Waals surface area contributed by atoms with Gasteiger partial charge in [0.25, 0.3) is 5.91 Å². The molecule has 30 heavy (non-hydrogen) atoms. The van der Waals surface area contributed by atoms with Gasteiger partial charge in [-0.25, -0.2) is 4.98 Å². The fourth-order valence-electron chi connectivity index (χ4n) is 3.97. The Labute approximate surface area is 178 Å². The van der Waals surface area contributed by atoms with Crippen molar-refractivity contribution in [2.45, 2.75) is 44.9 Å². The molecule has 4 rings (SSSR count). The van der Waals surface area contributed by atoms with Gasteiger partial charge < -0.3 is 15.0 Å². The van der Waals surface area contributed by atoms with Crippen molar-refractivity contribution < 1.29 is 19.1 Å². The van der Waals surface area contributed by atoms with Crippen LogP contribution in [-0.4, -0.2) is 63.8 Å². The number of carbonyl (C=O) groups is 3. The van der Waals surface area contributed by atoms with E-state index in [0.29, 0.717) is 24.4 Å². The second-order valence-corrected chi connectivity index (χ2v) is 8.87. The van der Waals surface area contributed by atoms with Crippen LogP contribution in [0.15, 0.2) is 29.9 Å². The number of ketones is 1. The van der Waals surface area contributed by atoms with Gasteiger partial charge in [-0.3, -0.25) is 19.4 Å². The van der Waals surface area contributed by atoms with Gasteiger partial charge in [0.15, 0.2) is 5.78 Å². The van der Waals surface area contributed by atoms with Gasteiger partial charge in [-0.15, -0.1) is 11.3 Å². The van der Waals surface area contributed by atoms with E-state index in [9.17, 15) is 14.4 Å². The van der Waals surface area contributed by atoms with Crippen LogP contribution in [0.4, 0.5) is 0 Å². The Morgan fingerprint density at radius 3 is 2.97 bits per heavy atom. The summed E-state index contributed by atoms with van der Waals surface area (Å²) in [4.78, 5) is 48.3. The van der Waals surface area contributed by atoms with Crippen molar-refractivity contribution in [2.75, 3.05) is 13.2 Å². The first-order chi connectivity index (χ1) is 14.4. The maximum Gasteiger partial charge on any atom is 0.271 e. The lowest BCUT2D eigenvalue weighted by molar-refractivity contribution is -0.138. The zero-order valence-electron chi connectivity index (χ0n) is 16.9. The number of hydrogen-bond acceptors (Lipinski definition) is 7. The summed E-state index contributed by atoms with van der Waals surface area (Å²) in [6.07, 6.45) is 4.27. The van der Waals surface area contributed by atoms with Crippen molar-refractivity contribution in [1.29, 1.82) is 0 Å². The molecule has 0 aliphatic carbocycles. The highest BCUT2D eigenvalue weighted by molar-refractivity contribution is 7.13. The number of carbonyl (C=O) groups excluding carboxylic acids is 3. The number of fused-ring (bicyclic) bond motifs is 1. The van der Waals surface area contributed by atoms with E-state index in [1.165, 1.54) is 11.3 Å². The van der Waals surface area contributed by atoms with Crippen molar-refractivity contribution >= 4 is 28.9 Å². The predicted molar refractivity (Wildman–Crippen MR) is 111 cm³/mol. The maximum atomic E-state index is 13.2. The van der Waals surface area contributed by atoms with Crippen molar-refractivity contribution in [2.24, 2.45) is 5.92 Å². The summed E-state index contributed by atoms with van der Waals surface area (Å²) in [5, 5.41) is 5.21. The lowest BCUT2D eigenvalue weighted by Crippen LogP contribution is -2.52. The normalized spacial score (nSPS) is 21.7. The summed E-state index contributed by atoms with van der Waals surface area (Å²) in [6.45, 7) is 4.50. The first-order valence-electron chi connectivity index (χ1n) is 10.1. The van der Waals surface area contributed by atoms with Crippen LogP contribution in [0.2, 0.25) is 0 Å². The summed E-state index contributed by atoms with van der Waals surface area (Å²) in [5.74, 6) is -0.507. The molecule has 0 aromatic carbocycles. The monoisotopic (exact) mass is 428 g/mol. The summed E-state index contributed by atoms with van der Waals surface area (Å²) in [7, 11) is 0. The Morgan fingerprint density at radius 1 is 1.40 bits per heavy atom. The lowest BCUT2D eigenvalue weighted by Gasteiger charge is -2.28. The van der Waals surface area contributed by atoms with Gasteiger partial charge in [-0.05, 0) is 30.9 Å². The van der Waals surface area contributed by atoms with Crippen LogP contribution in [0.3, 0.4) is 0 Å². The van der Waals surface area contributed by atoms with E-state index in [-0.39, 0.29) is 36.0 Å². The average Bonchev–Trinajstić information content (AvgIpc) is 3.45. The van der Waals surface area contributed by atoms with Gasteiger partial charge >= 0.3 is 0 Å². The highest BCUT2D eigenvalue weighted by Crippen LogP contribution is 2.28. The topological polar surface area (TPSA) is 101 Å². The maximum absolute atomic E-state index is 13.2. The molecule has 0 unspecified atom stereocenters. The third kappa shape index (κ3) is 4.13. The Morgan fingerprint density at radius 2 is 2.23 bits per heavy atom. The highest BCUT2D eigenvalue weighted by atomic mass is 32.1. The Hall–Kier alpha value is -2.65. The molecular weight excluding hydrogens is 404 g/mol. The van der Waals surface area contributed by atoms with Crippen molar-refractivity contribution in [3.05, 3.63) is 35.6 Å². The van der Waals surface area contributed by atoms with Crippen LogP contribution in [0.1, 0.15) is 37.2 Å². The number of likely N-dealkylation sites (tertiary alicyclic amines) is 1. The average molecular weight is 429 g/mol. The molecule has 158 valence electrons. The molecule has 9 heteroatoms. The predicted octanol–water partition coefficient (Wildman–Crippen LogP) is 1.92. The fourth-order valence-corrected chi connectivity index (χ4v) is 4.76. The van der Waals surface area contributed by atoms with Gasteiger partial charge in [0.1, 0.15) is 29.4 Å². The molecule has 2 aliphatic heterocycles. The number of thiazole rings is 1. The zero-order valence-corrected chi connectivity index (χ0v) is 17.7. The van der Waals surface area contributed by atoms with Gasteiger partial charge in [0.05, 0.1) is 6.10 Å². The number of hydrogen-bond donors (Lipinski definition) is 1. The number of Topliss-reactive ketones (excluding diaryl/α,β-unsaturated/α-hetero) is 1. The molecule has 0 radical (unpaired) electrons. The number of nitrogens with one attached hydrogen (secondary N) is 1. The Bertz CT molecular complexity index is 945. The molecule has 0 saturated carbocycles. The highest BCUT2D eigenvalue weighted by Gasteiger charge is 2.48. The van der Waals surface area contributed by atoms with Crippen molar-refractivity contribution in [1.82, 2.24) is 20.2 Å². The molecule has 0 spiro atoms. The van der Waals surface area contributed by atoms with E-state index in [0.717, 1.165) is 5.56 Å². The van der Waals surface area contributed by atoms with Crippen molar-refractivity contribution in [3.8, 4) is 10.6 Å². The molecule has 4 heterocycles. The number of ether oxygens (including phenoxy) is 1. The van der Waals surface area contributed by atoms with Crippen LogP contribution in [0.5, 0.6) is 0 Å². The standard InChI is InChI=1S/C21H24N4O4S/c1-12(2)8-14(21(28)25-7-5-17-18(25)16(26)10-29-17)23-19(27)15-11-30-20(24-15)13-4-3-6-22-9-13/h3-4,6,9,11-12,14,17-18H,5,7-8,10H2,1-2H3,(H,23,27)/t14-,17+,18+/m0/s1. The van der Waals surface area contributed by atoms with Gasteiger partial charge in [0, 0.05) is 29.9 Å². The van der Waals surface area contributed by atoms with E-state index in [1.54, 1.807) is 22.7 Å². The third-order valence-electron chi connectivity index (χ3n) is 5.35. The quantitative estimate of drug-likeness (QED) is 0.754. The van der Waals surface area contributed by atoms with Gasteiger partial charge in [-0.2, -0.15) is 0 Å². The van der Waals surface area contributed by atoms with E-state index >= 15 is 0 Å². The van der Waals surface area contributed by atoms with E-state index in [4.69, 9.17) is 4.74 Å². The second kappa shape index (κ2) is 8.61. The molecule has 0 bridgehead atoms. The minimum atomic E-state index is -0.715. The summed E-state index contributed by atoms with van der Waals surface area (Å²) < 4.78 is 5.48. The minimum absolute atomic E-state index is 0.0518. The molecular formula is C21H24N4O4S. The lowest BCUT2D eigenvalue weighted by atomic mass is 10.0. The SMILES string of the molecule is CC(C)C[C@H](NC(=O)c1csc(-c2cccnc2)n1)C(=O)N1CC[C@H]2OCC(=O)[C@H]21. The van der Waals surface area contributed by atoms with Crippen LogP contribution >= 0.6 is 11.3 Å². The molecule has 8 nitrogen and oxygen atoms in total. The van der Waals surface area contributed by atoms with E-state index in [1.807, 2.05) is 26.0 Å². The summed E-state index contributed by atoms with van der Waals surface area (Å²) in [5.41, 5.74) is 1.10. The molecule has 2 aromatic heterocycles. The van der Waals surface area contributed by atoms with Crippen LogP contribution in [-0.2, 0) is 14.3 Å². The zero-order chi connectivity index (χ0) is 21.3. The third-order valence-corrected chi connectivity index (χ3v) is 6.24. The first kappa shape index (κ1) is 20.6. The van der Waals surface area contributed by atoms with Crippen LogP contribution in [0.25, 0.3) is 10.6 Å².